The molecule has 0 N–H and O–H groups in total. The van der Waals surface area contributed by atoms with Crippen molar-refractivity contribution in [2.45, 2.75) is 6.61 Å². The van der Waals surface area contributed by atoms with E-state index >= 15 is 0 Å². The molecule has 0 radical (unpaired) electrons. The maximum absolute atomic E-state index is 12.9. The molecule has 1 saturated heterocycles. The van der Waals surface area contributed by atoms with E-state index in [0.29, 0.717) is 26.5 Å². The van der Waals surface area contributed by atoms with Crippen LogP contribution < -0.4 is 4.74 Å². The van der Waals surface area contributed by atoms with E-state index in [1.807, 2.05) is 6.07 Å². The Morgan fingerprint density at radius 3 is 2.67 bits per heavy atom. The van der Waals surface area contributed by atoms with Gasteiger partial charge in [-0.2, -0.15) is 0 Å². The summed E-state index contributed by atoms with van der Waals surface area (Å²) in [5.74, 6) is 0.0784. The number of hydrogen-bond acceptors (Lipinski definition) is 4. The first-order valence-corrected chi connectivity index (χ1v) is 9.61. The molecule has 1 heterocycles. The third-order valence-electron chi connectivity index (χ3n) is 3.75. The van der Waals surface area contributed by atoms with E-state index in [1.54, 1.807) is 36.4 Å². The van der Waals surface area contributed by atoms with Crippen LogP contribution in [0.2, 0.25) is 5.02 Å². The number of carbonyl (C=O) groups excluding carboxylic acids is 1. The number of hydrogen-bond donors (Lipinski definition) is 0. The topological polar surface area (TPSA) is 29.5 Å². The van der Waals surface area contributed by atoms with E-state index in [0.717, 1.165) is 11.1 Å². The number of thiocarbonyl (C=S) groups is 1. The summed E-state index contributed by atoms with van der Waals surface area (Å²) in [6, 6.07) is 11.3. The Kier molecular flexibility index (Phi) is 6.31. The first kappa shape index (κ1) is 19.6. The van der Waals surface area contributed by atoms with E-state index in [9.17, 15) is 9.18 Å². The summed E-state index contributed by atoms with van der Waals surface area (Å²) in [6.07, 6.45) is 3.38. The lowest BCUT2D eigenvalue weighted by Crippen LogP contribution is -2.27. The van der Waals surface area contributed by atoms with Crippen LogP contribution in [0.5, 0.6) is 5.75 Å². The van der Waals surface area contributed by atoms with Crippen LogP contribution in [0, 0.1) is 5.82 Å². The number of ether oxygens (including phenoxy) is 1. The maximum atomic E-state index is 12.9. The van der Waals surface area contributed by atoms with Crippen LogP contribution in [0.1, 0.15) is 11.1 Å². The standard InChI is InChI=1S/C20H15ClFNO2S2/c1-2-9-23-19(24)18(27-20(23)26)11-14-5-8-17(16(21)10-14)25-12-13-3-6-15(22)7-4-13/h2-8,10-11H,1,9,12H2/b18-11-. The fourth-order valence-corrected chi connectivity index (χ4v) is 3.92. The molecule has 0 atom stereocenters. The molecule has 0 aliphatic carbocycles. The molecule has 1 aliphatic rings. The van der Waals surface area contributed by atoms with Gasteiger partial charge in [-0.3, -0.25) is 9.69 Å². The van der Waals surface area contributed by atoms with Gasteiger partial charge in [0.2, 0.25) is 0 Å². The molecule has 0 spiro atoms. The van der Waals surface area contributed by atoms with Crippen LogP contribution in [0.25, 0.3) is 6.08 Å². The molecule has 1 fully saturated rings. The zero-order chi connectivity index (χ0) is 19.4. The summed E-state index contributed by atoms with van der Waals surface area (Å²) in [5, 5.41) is 0.424. The van der Waals surface area contributed by atoms with Crippen molar-refractivity contribution in [2.24, 2.45) is 0 Å². The van der Waals surface area contributed by atoms with Gasteiger partial charge < -0.3 is 4.74 Å². The second-order valence-corrected chi connectivity index (χ2v) is 7.77. The van der Waals surface area contributed by atoms with Gasteiger partial charge >= 0.3 is 0 Å². The SMILES string of the molecule is C=CCN1C(=O)/C(=C/c2ccc(OCc3ccc(F)cc3)c(Cl)c2)SC1=S. The molecule has 0 bridgehead atoms. The molecular formula is C20H15ClFNO2S2. The van der Waals surface area contributed by atoms with Crippen molar-refractivity contribution < 1.29 is 13.9 Å². The van der Waals surface area contributed by atoms with Crippen LogP contribution >= 0.6 is 35.6 Å². The highest BCUT2D eigenvalue weighted by atomic mass is 35.5. The molecule has 1 aliphatic heterocycles. The van der Waals surface area contributed by atoms with E-state index in [2.05, 4.69) is 6.58 Å². The molecule has 2 aromatic rings. The summed E-state index contributed by atoms with van der Waals surface area (Å²) in [7, 11) is 0. The summed E-state index contributed by atoms with van der Waals surface area (Å²) < 4.78 is 19.1. The van der Waals surface area contributed by atoms with Crippen molar-refractivity contribution in [3.63, 3.8) is 0 Å². The lowest BCUT2D eigenvalue weighted by molar-refractivity contribution is -0.121. The van der Waals surface area contributed by atoms with Gasteiger partial charge in [0.15, 0.2) is 0 Å². The Balaban J connectivity index is 1.71. The highest BCUT2D eigenvalue weighted by Gasteiger charge is 2.30. The molecule has 2 aromatic carbocycles. The van der Waals surface area contributed by atoms with Gasteiger partial charge in [0, 0.05) is 6.54 Å². The van der Waals surface area contributed by atoms with Crippen molar-refractivity contribution in [1.82, 2.24) is 4.90 Å². The summed E-state index contributed by atoms with van der Waals surface area (Å²) in [4.78, 5) is 14.4. The Morgan fingerprint density at radius 1 is 1.26 bits per heavy atom. The van der Waals surface area contributed by atoms with Crippen molar-refractivity contribution >= 4 is 51.9 Å². The second-order valence-electron chi connectivity index (χ2n) is 5.69. The minimum Gasteiger partial charge on any atom is -0.487 e. The zero-order valence-corrected chi connectivity index (χ0v) is 16.5. The second kappa shape index (κ2) is 8.69. The van der Waals surface area contributed by atoms with Gasteiger partial charge in [-0.1, -0.05) is 59.9 Å². The predicted octanol–water partition coefficient (Wildman–Crippen LogP) is 5.45. The minimum absolute atomic E-state index is 0.141. The Labute approximate surface area is 171 Å². The first-order valence-electron chi connectivity index (χ1n) is 8.01. The third kappa shape index (κ3) is 4.77. The van der Waals surface area contributed by atoms with Crippen molar-refractivity contribution in [3.8, 4) is 5.75 Å². The van der Waals surface area contributed by atoms with Gasteiger partial charge in [0.1, 0.15) is 22.5 Å². The Hall–Kier alpha value is -2.15. The molecular weight excluding hydrogens is 405 g/mol. The fraction of sp³-hybridized carbons (Fsp3) is 0.100. The fourth-order valence-electron chi connectivity index (χ4n) is 2.40. The average molecular weight is 420 g/mol. The molecule has 27 heavy (non-hydrogen) atoms. The van der Waals surface area contributed by atoms with E-state index in [-0.39, 0.29) is 18.3 Å². The normalized spacial score (nSPS) is 15.5. The summed E-state index contributed by atoms with van der Waals surface area (Å²) >= 11 is 12.8. The highest BCUT2D eigenvalue weighted by molar-refractivity contribution is 8.26. The molecule has 3 rings (SSSR count). The first-order chi connectivity index (χ1) is 13.0. The maximum Gasteiger partial charge on any atom is 0.266 e. The molecule has 0 unspecified atom stereocenters. The smallest absolute Gasteiger partial charge is 0.266 e. The zero-order valence-electron chi connectivity index (χ0n) is 14.2. The van der Waals surface area contributed by atoms with Crippen molar-refractivity contribution in [2.75, 3.05) is 6.54 Å². The van der Waals surface area contributed by atoms with Crippen LogP contribution in [0.4, 0.5) is 4.39 Å². The molecule has 138 valence electrons. The predicted molar refractivity (Wildman–Crippen MR) is 112 cm³/mol. The molecule has 0 aromatic heterocycles. The van der Waals surface area contributed by atoms with Gasteiger partial charge in [0.25, 0.3) is 5.91 Å². The van der Waals surface area contributed by atoms with Crippen LogP contribution in [0.15, 0.2) is 60.0 Å². The minimum atomic E-state index is -0.292. The molecule has 0 saturated carbocycles. The van der Waals surface area contributed by atoms with Gasteiger partial charge in [-0.25, -0.2) is 4.39 Å². The summed E-state index contributed by atoms with van der Waals surface area (Å²) in [6.45, 7) is 4.30. The number of thioether (sulfide) groups is 1. The summed E-state index contributed by atoms with van der Waals surface area (Å²) in [5.41, 5.74) is 1.61. The number of carbonyl (C=O) groups is 1. The third-order valence-corrected chi connectivity index (χ3v) is 5.42. The van der Waals surface area contributed by atoms with Crippen molar-refractivity contribution in [3.05, 3.63) is 82.0 Å². The lowest BCUT2D eigenvalue weighted by Gasteiger charge is -2.10. The number of rotatable bonds is 6. The van der Waals surface area contributed by atoms with Crippen LogP contribution in [-0.2, 0) is 11.4 Å². The van der Waals surface area contributed by atoms with Gasteiger partial charge in [0.05, 0.1) is 9.93 Å². The lowest BCUT2D eigenvalue weighted by atomic mass is 10.2. The average Bonchev–Trinajstić information content (AvgIpc) is 2.90. The highest BCUT2D eigenvalue weighted by Crippen LogP contribution is 2.34. The molecule has 3 nitrogen and oxygen atoms in total. The van der Waals surface area contributed by atoms with Crippen LogP contribution in [-0.4, -0.2) is 21.7 Å². The number of amides is 1. The molecule has 7 heteroatoms. The monoisotopic (exact) mass is 419 g/mol. The van der Waals surface area contributed by atoms with Gasteiger partial charge in [-0.15, -0.1) is 6.58 Å². The van der Waals surface area contributed by atoms with Crippen molar-refractivity contribution in [1.29, 1.82) is 0 Å². The largest absolute Gasteiger partial charge is 0.487 e. The van der Waals surface area contributed by atoms with Gasteiger partial charge in [-0.05, 0) is 41.5 Å². The van der Waals surface area contributed by atoms with E-state index < -0.39 is 0 Å². The van der Waals surface area contributed by atoms with Crippen LogP contribution in [0.3, 0.4) is 0 Å². The Bertz CT molecular complexity index is 928. The van der Waals surface area contributed by atoms with E-state index in [4.69, 9.17) is 28.6 Å². The Morgan fingerprint density at radius 2 is 2.00 bits per heavy atom. The quantitative estimate of drug-likeness (QED) is 0.354. The number of halogens is 2. The number of nitrogens with zero attached hydrogens (tertiary/aromatic N) is 1. The van der Waals surface area contributed by atoms with E-state index in [1.165, 1.54) is 28.8 Å². The molecule has 1 amide bonds. The number of benzene rings is 2.